The number of H-pyrrole nitrogens is 2. The summed E-state index contributed by atoms with van der Waals surface area (Å²) in [6.07, 6.45) is 4.06. The molecule has 0 saturated heterocycles. The molecule has 1 fully saturated rings. The van der Waals surface area contributed by atoms with Gasteiger partial charge in [0.2, 0.25) is 10.0 Å². The summed E-state index contributed by atoms with van der Waals surface area (Å²) >= 11 is 0. The largest absolute Gasteiger partial charge is 0.513 e. The minimum Gasteiger partial charge on any atom is -0.437 e. The Kier molecular flexibility index (Phi) is 4.60. The fourth-order valence-electron chi connectivity index (χ4n) is 3.59. The van der Waals surface area contributed by atoms with Gasteiger partial charge in [0.15, 0.2) is 5.75 Å². The van der Waals surface area contributed by atoms with E-state index in [0.29, 0.717) is 16.3 Å². The first kappa shape index (κ1) is 18.5. The highest BCUT2D eigenvalue weighted by Crippen LogP contribution is 2.32. The van der Waals surface area contributed by atoms with Crippen molar-refractivity contribution in [3.05, 3.63) is 34.7 Å². The molecule has 1 aliphatic carbocycles. The molecule has 0 spiro atoms. The average molecular weight is 405 g/mol. The number of rotatable bonds is 4. The van der Waals surface area contributed by atoms with Gasteiger partial charge in [0.1, 0.15) is 5.52 Å². The van der Waals surface area contributed by atoms with Crippen LogP contribution in [0.5, 0.6) is 5.75 Å². The van der Waals surface area contributed by atoms with E-state index in [1.165, 1.54) is 31.5 Å². The summed E-state index contributed by atoms with van der Waals surface area (Å²) in [7, 11) is -2.55. The van der Waals surface area contributed by atoms with E-state index >= 15 is 0 Å². The van der Waals surface area contributed by atoms with Crippen LogP contribution in [0.1, 0.15) is 25.7 Å². The number of fused-ring (bicyclic) bond motifs is 3. The number of hydrogen-bond donors (Lipinski definition) is 3. The minimum absolute atomic E-state index is 0.0678. The molecule has 0 amide bonds. The molecule has 0 bridgehead atoms. The lowest BCUT2D eigenvalue weighted by Crippen LogP contribution is -2.32. The van der Waals surface area contributed by atoms with Crippen LogP contribution in [0.2, 0.25) is 0 Å². The van der Waals surface area contributed by atoms with Gasteiger partial charge in [-0.1, -0.05) is 12.8 Å². The number of sulfonamides is 1. The van der Waals surface area contributed by atoms with Crippen molar-refractivity contribution in [3.8, 4) is 5.75 Å². The van der Waals surface area contributed by atoms with Crippen LogP contribution in [0.3, 0.4) is 0 Å². The highest BCUT2D eigenvalue weighted by Gasteiger charge is 2.24. The van der Waals surface area contributed by atoms with Crippen LogP contribution in [0, 0.1) is 0 Å². The lowest BCUT2D eigenvalue weighted by atomic mass is 10.1. The number of nitrogens with one attached hydrogen (secondary N) is 3. The van der Waals surface area contributed by atoms with Gasteiger partial charge in [0.25, 0.3) is 5.56 Å². The second kappa shape index (κ2) is 6.95. The van der Waals surface area contributed by atoms with Gasteiger partial charge in [0, 0.05) is 23.1 Å². The van der Waals surface area contributed by atoms with Crippen LogP contribution in [0.4, 0.5) is 4.79 Å². The van der Waals surface area contributed by atoms with E-state index in [-0.39, 0.29) is 22.2 Å². The first-order chi connectivity index (χ1) is 13.4. The molecule has 0 aliphatic heterocycles. The van der Waals surface area contributed by atoms with Gasteiger partial charge in [-0.25, -0.2) is 17.9 Å². The molecule has 1 saturated carbocycles. The average Bonchev–Trinajstić information content (AvgIpc) is 3.31. The number of carbonyl (C=O) groups is 1. The lowest BCUT2D eigenvalue weighted by molar-refractivity contribution is 0.122. The summed E-state index contributed by atoms with van der Waals surface area (Å²) in [6.45, 7) is 0. The third-order valence-electron chi connectivity index (χ3n) is 4.93. The summed E-state index contributed by atoms with van der Waals surface area (Å²) in [4.78, 5) is 29.3. The SMILES string of the molecule is COC(=O)Oc1c[nH]c2c(=O)[nH]c3ccc(S(=O)(=O)NC4CCCC4)cc3c12. The number of hydrogen-bond acceptors (Lipinski definition) is 6. The zero-order valence-electron chi connectivity index (χ0n) is 15.1. The molecule has 1 aliphatic rings. The number of methoxy groups -OCH3 is 1. The van der Waals surface area contributed by atoms with E-state index in [1.54, 1.807) is 0 Å². The van der Waals surface area contributed by atoms with Crippen LogP contribution >= 0.6 is 0 Å². The van der Waals surface area contributed by atoms with Gasteiger partial charge in [0.05, 0.1) is 17.4 Å². The zero-order valence-corrected chi connectivity index (χ0v) is 15.9. The maximum Gasteiger partial charge on any atom is 0.513 e. The van der Waals surface area contributed by atoms with E-state index in [4.69, 9.17) is 4.74 Å². The monoisotopic (exact) mass is 405 g/mol. The summed E-state index contributed by atoms with van der Waals surface area (Å²) in [5.41, 5.74) is 0.179. The Morgan fingerprint density at radius 1 is 1.25 bits per heavy atom. The molecule has 0 atom stereocenters. The fourth-order valence-corrected chi connectivity index (χ4v) is 4.92. The highest BCUT2D eigenvalue weighted by molar-refractivity contribution is 7.89. The van der Waals surface area contributed by atoms with Crippen molar-refractivity contribution in [1.82, 2.24) is 14.7 Å². The van der Waals surface area contributed by atoms with Gasteiger partial charge >= 0.3 is 6.16 Å². The molecule has 2 aromatic heterocycles. The maximum atomic E-state index is 12.8. The summed E-state index contributed by atoms with van der Waals surface area (Å²) in [5, 5.41) is 0.742. The molecule has 9 nitrogen and oxygen atoms in total. The Morgan fingerprint density at radius 2 is 2.00 bits per heavy atom. The van der Waals surface area contributed by atoms with Crippen LogP contribution in [0.15, 0.2) is 34.1 Å². The third kappa shape index (κ3) is 3.25. The maximum absolute atomic E-state index is 12.8. The molecule has 0 radical (unpaired) electrons. The van der Waals surface area contributed by atoms with Crippen LogP contribution in [0.25, 0.3) is 21.8 Å². The van der Waals surface area contributed by atoms with Crippen molar-refractivity contribution in [2.24, 2.45) is 0 Å². The van der Waals surface area contributed by atoms with Crippen molar-refractivity contribution in [2.75, 3.05) is 7.11 Å². The summed E-state index contributed by atoms with van der Waals surface area (Å²) < 4.78 is 37.9. The van der Waals surface area contributed by atoms with E-state index in [0.717, 1.165) is 25.7 Å². The van der Waals surface area contributed by atoms with E-state index in [1.807, 2.05) is 0 Å². The van der Waals surface area contributed by atoms with Gasteiger partial charge in [-0.3, -0.25) is 4.79 Å². The molecular formula is C18H19N3O6S. The Labute approximate surface area is 160 Å². The van der Waals surface area contributed by atoms with Crippen LogP contribution in [-0.4, -0.2) is 37.7 Å². The van der Waals surface area contributed by atoms with Crippen molar-refractivity contribution in [3.63, 3.8) is 0 Å². The van der Waals surface area contributed by atoms with E-state index < -0.39 is 21.7 Å². The molecule has 3 aromatic rings. The number of carbonyl (C=O) groups excluding carboxylic acids is 1. The molecule has 28 heavy (non-hydrogen) atoms. The second-order valence-corrected chi connectivity index (χ2v) is 8.44. The van der Waals surface area contributed by atoms with Crippen LogP contribution in [-0.2, 0) is 14.8 Å². The number of aromatic amines is 2. The normalized spacial score (nSPS) is 15.3. The Morgan fingerprint density at radius 3 is 2.71 bits per heavy atom. The Balaban J connectivity index is 1.86. The Hall–Kier alpha value is -2.85. The molecule has 4 rings (SSSR count). The van der Waals surface area contributed by atoms with E-state index in [2.05, 4.69) is 19.4 Å². The smallest absolute Gasteiger partial charge is 0.437 e. The van der Waals surface area contributed by atoms with Crippen molar-refractivity contribution in [2.45, 2.75) is 36.6 Å². The molecule has 2 heterocycles. The zero-order chi connectivity index (χ0) is 19.9. The predicted molar refractivity (Wildman–Crippen MR) is 102 cm³/mol. The molecule has 3 N–H and O–H groups in total. The molecule has 1 aromatic carbocycles. The topological polar surface area (TPSA) is 130 Å². The molecule has 148 valence electrons. The summed E-state index contributed by atoms with van der Waals surface area (Å²) in [5.74, 6) is 0.0799. The van der Waals surface area contributed by atoms with Gasteiger partial charge in [-0.2, -0.15) is 0 Å². The van der Waals surface area contributed by atoms with Gasteiger partial charge in [-0.05, 0) is 31.0 Å². The number of benzene rings is 1. The fraction of sp³-hybridized carbons (Fsp3) is 0.333. The van der Waals surface area contributed by atoms with Crippen LogP contribution < -0.4 is 15.0 Å². The van der Waals surface area contributed by atoms with Crippen molar-refractivity contribution < 1.29 is 22.7 Å². The number of pyridine rings is 1. The summed E-state index contributed by atoms with van der Waals surface area (Å²) in [6, 6.07) is 4.35. The third-order valence-corrected chi connectivity index (χ3v) is 6.45. The molecule has 0 unspecified atom stereocenters. The van der Waals surface area contributed by atoms with Crippen molar-refractivity contribution >= 4 is 38.0 Å². The minimum atomic E-state index is -3.72. The highest BCUT2D eigenvalue weighted by atomic mass is 32.2. The van der Waals surface area contributed by atoms with Gasteiger partial charge in [-0.15, -0.1) is 0 Å². The first-order valence-electron chi connectivity index (χ1n) is 8.84. The predicted octanol–water partition coefficient (Wildman–Crippen LogP) is 2.38. The molecular weight excluding hydrogens is 386 g/mol. The Bertz CT molecular complexity index is 1220. The quantitative estimate of drug-likeness (QED) is 0.571. The number of ether oxygens (including phenoxy) is 2. The first-order valence-corrected chi connectivity index (χ1v) is 10.3. The van der Waals surface area contributed by atoms with Gasteiger partial charge < -0.3 is 19.4 Å². The molecule has 10 heteroatoms. The lowest BCUT2D eigenvalue weighted by Gasteiger charge is -2.13. The van der Waals surface area contributed by atoms with Crippen molar-refractivity contribution in [1.29, 1.82) is 0 Å². The second-order valence-electron chi connectivity index (χ2n) is 6.72. The number of aromatic nitrogens is 2. The van der Waals surface area contributed by atoms with E-state index in [9.17, 15) is 18.0 Å². The standard InChI is InChI=1S/C18H19N3O6S/c1-26-18(23)27-14-9-19-16-15(14)12-8-11(6-7-13(12)20-17(16)22)28(24,25)21-10-4-2-3-5-10/h6-10,19,21H,2-5H2,1H3,(H,20,22).